The Bertz CT molecular complexity index is 1370. The van der Waals surface area contributed by atoms with Crippen LogP contribution in [-0.2, 0) is 14.4 Å². The summed E-state index contributed by atoms with van der Waals surface area (Å²) in [5.41, 5.74) is 0.792. The third-order valence-electron chi connectivity index (χ3n) is 7.87. The monoisotopic (exact) mass is 544 g/mol. The lowest BCUT2D eigenvalue weighted by molar-refractivity contribution is -0.162. The quantitative estimate of drug-likeness (QED) is 0.179. The van der Waals surface area contributed by atoms with Crippen LogP contribution in [-0.4, -0.2) is 111 Å². The highest BCUT2D eigenvalue weighted by atomic mass is 16.4. The Morgan fingerprint density at radius 3 is 2.26 bits per heavy atom. The molecule has 0 saturated heterocycles. The molecule has 0 unspecified atom stereocenters. The number of primary amides is 1. The van der Waals surface area contributed by atoms with Gasteiger partial charge in [-0.15, -0.1) is 0 Å². The van der Waals surface area contributed by atoms with Crippen LogP contribution < -0.4 is 11.1 Å². The van der Waals surface area contributed by atoms with E-state index in [0.717, 1.165) is 0 Å². The molecule has 1 aromatic rings. The molecule has 13 nitrogen and oxygen atoms in total. The molecule has 3 aliphatic rings. The average Bonchev–Trinajstić information content (AvgIpc) is 2.82. The summed E-state index contributed by atoms with van der Waals surface area (Å²) >= 11 is 0. The van der Waals surface area contributed by atoms with Crippen LogP contribution in [0.15, 0.2) is 34.8 Å². The predicted octanol–water partition coefficient (Wildman–Crippen LogP) is -0.847. The minimum atomic E-state index is -2.99. The van der Waals surface area contributed by atoms with Gasteiger partial charge >= 0.3 is 0 Å². The lowest BCUT2D eigenvalue weighted by Gasteiger charge is -2.53. The topological polar surface area (TPSA) is 214 Å². The van der Waals surface area contributed by atoms with Crippen molar-refractivity contribution in [1.29, 1.82) is 0 Å². The number of rotatable bonds is 5. The molecule has 3 aliphatic carbocycles. The maximum Gasteiger partial charge on any atom is 0.255 e. The number of ketones is 2. The van der Waals surface area contributed by atoms with Crippen molar-refractivity contribution < 1.29 is 44.7 Å². The summed E-state index contributed by atoms with van der Waals surface area (Å²) in [7, 11) is 6.28. The molecule has 0 spiro atoms. The second-order valence-electron chi connectivity index (χ2n) is 10.8. The van der Waals surface area contributed by atoms with Gasteiger partial charge in [-0.3, -0.25) is 24.1 Å². The SMILES string of the molecule is C[C@H]1c2ccc(NC(=O)CN(C)C)c(O)c2C(=O)C2=C(O)[C@]3(O)C(=O)C(C(N)=O)=C(O)[C@@H](N(C)C)[C@@H]3[C@@H](O)[C@@H]21. The highest BCUT2D eigenvalue weighted by Gasteiger charge is 2.67. The first kappa shape index (κ1) is 28.2. The minimum absolute atomic E-state index is 0.00673. The Labute approximate surface area is 223 Å². The Morgan fingerprint density at radius 1 is 1.10 bits per heavy atom. The normalized spacial score (nSPS) is 30.3. The maximum absolute atomic E-state index is 13.8. The van der Waals surface area contributed by atoms with E-state index < -0.39 is 87.3 Å². The van der Waals surface area contributed by atoms with E-state index in [-0.39, 0.29) is 17.8 Å². The fourth-order valence-corrected chi connectivity index (χ4v) is 6.20. The standard InChI is InChI=1S/C26H32N4O9/c1-9-10-6-7-11(28-12(31)8-29(2)3)19(32)14(10)20(33)15-13(9)21(34)17-18(30(4)5)22(35)16(25(27)38)24(37)26(17,39)23(15)36/h6-7,9,13,17-18,21,32,34-36,39H,8H2,1-5H3,(H2,27,38)(H,28,31)/t9-,13+,17+,18-,21-,26-/m0/s1. The van der Waals surface area contributed by atoms with Gasteiger partial charge in [-0.25, -0.2) is 0 Å². The zero-order chi connectivity index (χ0) is 29.3. The molecule has 0 fully saturated rings. The molecular formula is C26H32N4O9. The number of hydrogen-bond acceptors (Lipinski definition) is 11. The van der Waals surface area contributed by atoms with Gasteiger partial charge in [0.15, 0.2) is 17.1 Å². The zero-order valence-corrected chi connectivity index (χ0v) is 22.1. The summed E-state index contributed by atoms with van der Waals surface area (Å²) in [6, 6.07) is 1.58. The molecular weight excluding hydrogens is 512 g/mol. The van der Waals surface area contributed by atoms with Crippen molar-refractivity contribution in [2.24, 2.45) is 17.6 Å². The summed E-state index contributed by atoms with van der Waals surface area (Å²) < 4.78 is 0. The number of carbonyl (C=O) groups excluding carboxylic acids is 4. The van der Waals surface area contributed by atoms with Crippen molar-refractivity contribution in [2.75, 3.05) is 40.1 Å². The third kappa shape index (κ3) is 3.92. The molecule has 0 heterocycles. The first-order chi connectivity index (χ1) is 18.1. The van der Waals surface area contributed by atoms with Gasteiger partial charge in [-0.05, 0) is 45.7 Å². The number of aliphatic hydroxyl groups excluding tert-OH is 3. The van der Waals surface area contributed by atoms with E-state index in [1.807, 2.05) is 0 Å². The van der Waals surface area contributed by atoms with Gasteiger partial charge in [0.2, 0.25) is 11.7 Å². The molecule has 4 rings (SSSR count). The predicted molar refractivity (Wildman–Crippen MR) is 137 cm³/mol. The van der Waals surface area contributed by atoms with Crippen molar-refractivity contribution in [1.82, 2.24) is 9.80 Å². The van der Waals surface area contributed by atoms with Crippen molar-refractivity contribution in [3.05, 3.63) is 45.9 Å². The first-order valence-electron chi connectivity index (χ1n) is 12.2. The highest BCUT2D eigenvalue weighted by Crippen LogP contribution is 2.56. The van der Waals surface area contributed by atoms with Crippen LogP contribution in [0.4, 0.5) is 5.69 Å². The second kappa shape index (κ2) is 9.45. The number of carbonyl (C=O) groups is 4. The van der Waals surface area contributed by atoms with E-state index in [1.54, 1.807) is 25.9 Å². The molecule has 210 valence electrons. The molecule has 0 aromatic heterocycles. The number of phenols is 1. The Hall–Kier alpha value is -3.78. The van der Waals surface area contributed by atoms with Gasteiger partial charge in [0.1, 0.15) is 17.1 Å². The van der Waals surface area contributed by atoms with E-state index >= 15 is 0 Å². The summed E-state index contributed by atoms with van der Waals surface area (Å²) in [5, 5.41) is 59.0. The average molecular weight is 545 g/mol. The van der Waals surface area contributed by atoms with Crippen LogP contribution in [0.5, 0.6) is 5.75 Å². The number of fused-ring (bicyclic) bond motifs is 3. The Morgan fingerprint density at radius 2 is 1.72 bits per heavy atom. The van der Waals surface area contributed by atoms with Crippen LogP contribution in [0.1, 0.15) is 28.8 Å². The van der Waals surface area contributed by atoms with Gasteiger partial charge in [0, 0.05) is 11.5 Å². The lowest BCUT2D eigenvalue weighted by Crippen LogP contribution is -2.68. The lowest BCUT2D eigenvalue weighted by atomic mass is 9.55. The van der Waals surface area contributed by atoms with Crippen molar-refractivity contribution in [2.45, 2.75) is 30.6 Å². The van der Waals surface area contributed by atoms with Gasteiger partial charge in [0.05, 0.1) is 35.9 Å². The Kier molecular flexibility index (Phi) is 6.84. The van der Waals surface area contributed by atoms with Gasteiger partial charge in [-0.2, -0.15) is 0 Å². The van der Waals surface area contributed by atoms with E-state index in [4.69, 9.17) is 5.73 Å². The van der Waals surface area contributed by atoms with Gasteiger partial charge < -0.3 is 41.5 Å². The number of likely N-dealkylation sites (N-methyl/N-ethyl adjacent to an activating group) is 2. The largest absolute Gasteiger partial charge is 0.510 e. The Balaban J connectivity index is 1.94. The number of aromatic hydroxyl groups is 1. The molecule has 8 N–H and O–H groups in total. The molecule has 6 atom stereocenters. The van der Waals surface area contributed by atoms with Crippen LogP contribution in [0.3, 0.4) is 0 Å². The number of phenolic OH excluding ortho intramolecular Hbond substituents is 1. The number of anilines is 1. The summed E-state index contributed by atoms with van der Waals surface area (Å²) in [4.78, 5) is 54.5. The number of nitrogens with zero attached hydrogens (tertiary/aromatic N) is 2. The number of nitrogens with one attached hydrogen (secondary N) is 1. The smallest absolute Gasteiger partial charge is 0.255 e. The third-order valence-corrected chi connectivity index (χ3v) is 7.87. The maximum atomic E-state index is 13.8. The fourth-order valence-electron chi connectivity index (χ4n) is 6.20. The molecule has 1 aromatic carbocycles. The molecule has 39 heavy (non-hydrogen) atoms. The van der Waals surface area contributed by atoms with Gasteiger partial charge in [0.25, 0.3) is 5.91 Å². The number of amides is 2. The summed E-state index contributed by atoms with van der Waals surface area (Å²) in [5.74, 6) is -10.2. The second-order valence-corrected chi connectivity index (χ2v) is 10.8. The van der Waals surface area contributed by atoms with Crippen molar-refractivity contribution >= 4 is 29.1 Å². The number of hydrogen-bond donors (Lipinski definition) is 7. The molecule has 0 saturated carbocycles. The first-order valence-corrected chi connectivity index (χ1v) is 12.2. The van der Waals surface area contributed by atoms with E-state index in [0.29, 0.717) is 5.56 Å². The van der Waals surface area contributed by atoms with Gasteiger partial charge in [-0.1, -0.05) is 13.0 Å². The van der Waals surface area contributed by atoms with E-state index in [9.17, 15) is 44.7 Å². The zero-order valence-electron chi connectivity index (χ0n) is 22.1. The van der Waals surface area contributed by atoms with Crippen LogP contribution >= 0.6 is 0 Å². The fraction of sp³-hybridized carbons (Fsp3) is 0.462. The summed E-state index contributed by atoms with van der Waals surface area (Å²) in [6.07, 6.45) is -1.68. The molecule has 0 aliphatic heterocycles. The van der Waals surface area contributed by atoms with Crippen LogP contribution in [0.25, 0.3) is 0 Å². The molecule has 0 radical (unpaired) electrons. The van der Waals surface area contributed by atoms with Crippen LogP contribution in [0.2, 0.25) is 0 Å². The van der Waals surface area contributed by atoms with E-state index in [1.165, 1.54) is 31.1 Å². The molecule has 2 amide bonds. The van der Waals surface area contributed by atoms with Crippen LogP contribution in [0, 0.1) is 11.8 Å². The van der Waals surface area contributed by atoms with Crippen molar-refractivity contribution in [3.8, 4) is 5.75 Å². The highest BCUT2D eigenvalue weighted by molar-refractivity contribution is 6.25. The number of aliphatic hydroxyl groups is 4. The number of benzene rings is 1. The summed E-state index contributed by atoms with van der Waals surface area (Å²) in [6.45, 7) is 1.62. The minimum Gasteiger partial charge on any atom is -0.510 e. The molecule has 0 bridgehead atoms. The number of Topliss-reactive ketones (excluding diaryl/α,β-unsaturated/α-hetero) is 2. The van der Waals surface area contributed by atoms with E-state index in [2.05, 4.69) is 5.32 Å². The van der Waals surface area contributed by atoms with Crippen molar-refractivity contribution in [3.63, 3.8) is 0 Å². The number of nitrogens with two attached hydrogens (primary N) is 1. The molecule has 13 heteroatoms.